The molecule has 0 fully saturated rings. The highest BCUT2D eigenvalue weighted by atomic mass is 79.9. The molecular formula is C18H17BrClF2N3O2. The van der Waals surface area contributed by atoms with Gasteiger partial charge in [0.25, 0.3) is 5.91 Å². The minimum Gasteiger partial charge on any atom is -0.384 e. The van der Waals surface area contributed by atoms with Gasteiger partial charge in [0, 0.05) is 28.4 Å². The second-order valence-electron chi connectivity index (χ2n) is 5.59. The van der Waals surface area contributed by atoms with Crippen molar-refractivity contribution in [3.05, 3.63) is 69.2 Å². The molecule has 27 heavy (non-hydrogen) atoms. The van der Waals surface area contributed by atoms with Crippen molar-refractivity contribution in [2.24, 2.45) is 5.73 Å². The lowest BCUT2D eigenvalue weighted by molar-refractivity contribution is -0.139. The third kappa shape index (κ3) is 5.24. The van der Waals surface area contributed by atoms with E-state index in [-0.39, 0.29) is 23.5 Å². The zero-order valence-electron chi connectivity index (χ0n) is 14.3. The van der Waals surface area contributed by atoms with Gasteiger partial charge in [-0.1, -0.05) is 40.2 Å². The Kier molecular flexibility index (Phi) is 7.29. The van der Waals surface area contributed by atoms with E-state index in [1.54, 1.807) is 31.2 Å². The first kappa shape index (κ1) is 21.3. The first-order chi connectivity index (χ1) is 12.7. The molecule has 0 saturated carbocycles. The van der Waals surface area contributed by atoms with E-state index in [2.05, 4.69) is 15.9 Å². The molecule has 0 heterocycles. The number of nitrogens with one attached hydrogen (secondary N) is 1. The number of halogens is 4. The molecule has 0 saturated heterocycles. The van der Waals surface area contributed by atoms with E-state index in [1.807, 2.05) is 0 Å². The van der Waals surface area contributed by atoms with Gasteiger partial charge in [0.1, 0.15) is 17.5 Å². The normalized spacial score (nSPS) is 11.9. The maximum absolute atomic E-state index is 14.3. The van der Waals surface area contributed by atoms with Crippen molar-refractivity contribution < 1.29 is 18.3 Å². The number of nitrogens with two attached hydrogens (primary N) is 1. The molecule has 0 aliphatic carbocycles. The van der Waals surface area contributed by atoms with Crippen LogP contribution in [0.5, 0.6) is 0 Å². The second kappa shape index (κ2) is 9.25. The van der Waals surface area contributed by atoms with Gasteiger partial charge < -0.3 is 10.5 Å². The third-order valence-electron chi connectivity index (χ3n) is 3.69. The molecule has 3 N–H and O–H groups in total. The fraction of sp³-hybridized carbons (Fsp3) is 0.222. The van der Waals surface area contributed by atoms with Crippen LogP contribution in [-0.2, 0) is 16.1 Å². The first-order valence-electron chi connectivity index (χ1n) is 7.91. The van der Waals surface area contributed by atoms with Gasteiger partial charge in [0.15, 0.2) is 6.10 Å². The highest BCUT2D eigenvalue weighted by molar-refractivity contribution is 9.10. The number of carbonyl (C=O) groups excluding carboxylic acids is 1. The van der Waals surface area contributed by atoms with E-state index in [0.717, 1.165) is 16.6 Å². The van der Waals surface area contributed by atoms with Gasteiger partial charge in [0.05, 0.1) is 12.1 Å². The molecule has 0 aliphatic rings. The van der Waals surface area contributed by atoms with Gasteiger partial charge in [0.2, 0.25) is 0 Å². The van der Waals surface area contributed by atoms with Crippen LogP contribution in [0.1, 0.15) is 29.7 Å². The Hall–Kier alpha value is -2.03. The fourth-order valence-corrected chi connectivity index (χ4v) is 3.03. The molecule has 0 aromatic heterocycles. The topological polar surface area (TPSA) is 79.4 Å². The molecule has 2 aromatic rings. The highest BCUT2D eigenvalue weighted by Gasteiger charge is 2.31. The minimum atomic E-state index is -1.52. The summed E-state index contributed by atoms with van der Waals surface area (Å²) in [6.07, 6.45) is -1.52. The predicted octanol–water partition coefficient (Wildman–Crippen LogP) is 4.27. The molecule has 1 amide bonds. The Balaban J connectivity index is 2.24. The average Bonchev–Trinajstić information content (AvgIpc) is 2.60. The van der Waals surface area contributed by atoms with Gasteiger partial charge in [-0.25, -0.2) is 13.2 Å². The van der Waals surface area contributed by atoms with E-state index in [4.69, 9.17) is 27.7 Å². The number of amidine groups is 1. The van der Waals surface area contributed by atoms with Crippen LogP contribution < -0.4 is 5.73 Å². The summed E-state index contributed by atoms with van der Waals surface area (Å²) in [5.74, 6) is -2.71. The SMILES string of the molecule is CCOC(C(=O)N(Cl)Cc1ccc(C(=N)N)cc1)c1c(F)cc(Br)cc1F. The summed E-state index contributed by atoms with van der Waals surface area (Å²) in [5.41, 5.74) is 6.07. The van der Waals surface area contributed by atoms with Crippen molar-refractivity contribution in [2.75, 3.05) is 6.61 Å². The molecule has 9 heteroatoms. The summed E-state index contributed by atoms with van der Waals surface area (Å²) in [6, 6.07) is 8.63. The molecule has 2 aromatic carbocycles. The quantitative estimate of drug-likeness (QED) is 0.368. The van der Waals surface area contributed by atoms with Crippen molar-refractivity contribution in [1.29, 1.82) is 5.41 Å². The molecule has 144 valence electrons. The molecule has 1 atom stereocenters. The van der Waals surface area contributed by atoms with Crippen LogP contribution in [0, 0.1) is 17.0 Å². The van der Waals surface area contributed by atoms with E-state index in [1.165, 1.54) is 0 Å². The maximum Gasteiger partial charge on any atom is 0.271 e. The Bertz CT molecular complexity index is 826. The van der Waals surface area contributed by atoms with Crippen molar-refractivity contribution in [3.63, 3.8) is 0 Å². The lowest BCUT2D eigenvalue weighted by atomic mass is 10.1. The van der Waals surface area contributed by atoms with Crippen LogP contribution in [0.3, 0.4) is 0 Å². The molecule has 0 bridgehead atoms. The van der Waals surface area contributed by atoms with Crippen molar-refractivity contribution in [2.45, 2.75) is 19.6 Å². The summed E-state index contributed by atoms with van der Waals surface area (Å²) in [4.78, 5) is 12.7. The number of hydrogen-bond donors (Lipinski definition) is 2. The van der Waals surface area contributed by atoms with Gasteiger partial charge in [-0.05, 0) is 24.6 Å². The van der Waals surface area contributed by atoms with Crippen LogP contribution >= 0.6 is 27.7 Å². The van der Waals surface area contributed by atoms with Gasteiger partial charge in [-0.3, -0.25) is 10.2 Å². The average molecular weight is 461 g/mol. The zero-order valence-corrected chi connectivity index (χ0v) is 16.7. The number of nitrogen functional groups attached to an aromatic ring is 1. The number of rotatable bonds is 7. The number of nitrogens with zero attached hydrogens (tertiary/aromatic N) is 1. The van der Waals surface area contributed by atoms with Crippen molar-refractivity contribution in [1.82, 2.24) is 4.42 Å². The molecule has 5 nitrogen and oxygen atoms in total. The molecule has 1 unspecified atom stereocenters. The number of carbonyl (C=O) groups is 1. The largest absolute Gasteiger partial charge is 0.384 e. The van der Waals surface area contributed by atoms with E-state index < -0.39 is 29.2 Å². The van der Waals surface area contributed by atoms with E-state index in [9.17, 15) is 13.6 Å². The summed E-state index contributed by atoms with van der Waals surface area (Å²) < 4.78 is 34.8. The Morgan fingerprint density at radius 3 is 2.33 bits per heavy atom. The minimum absolute atomic E-state index is 0.0259. The van der Waals surface area contributed by atoms with Crippen LogP contribution in [0.25, 0.3) is 0 Å². The van der Waals surface area contributed by atoms with Crippen LogP contribution in [-0.4, -0.2) is 22.8 Å². The monoisotopic (exact) mass is 459 g/mol. The Morgan fingerprint density at radius 1 is 1.30 bits per heavy atom. The molecule has 0 spiro atoms. The number of hydrogen-bond acceptors (Lipinski definition) is 3. The Morgan fingerprint density at radius 2 is 1.85 bits per heavy atom. The van der Waals surface area contributed by atoms with Crippen molar-refractivity contribution >= 4 is 39.4 Å². The predicted molar refractivity (Wildman–Crippen MR) is 102 cm³/mol. The summed E-state index contributed by atoms with van der Waals surface area (Å²) in [6.45, 7) is 1.64. The lowest BCUT2D eigenvalue weighted by Crippen LogP contribution is -2.30. The van der Waals surface area contributed by atoms with Gasteiger partial charge in [-0.2, -0.15) is 0 Å². The summed E-state index contributed by atoms with van der Waals surface area (Å²) in [7, 11) is 0. The third-order valence-corrected chi connectivity index (χ3v) is 4.43. The number of ether oxygens (including phenoxy) is 1. The van der Waals surface area contributed by atoms with Crippen molar-refractivity contribution in [3.8, 4) is 0 Å². The second-order valence-corrected chi connectivity index (χ2v) is 6.91. The summed E-state index contributed by atoms with van der Waals surface area (Å²) in [5, 5.41) is 7.36. The fourth-order valence-electron chi connectivity index (χ4n) is 2.40. The smallest absolute Gasteiger partial charge is 0.271 e. The van der Waals surface area contributed by atoms with E-state index >= 15 is 0 Å². The van der Waals surface area contributed by atoms with E-state index in [0.29, 0.717) is 11.1 Å². The van der Waals surface area contributed by atoms with Crippen LogP contribution in [0.15, 0.2) is 40.9 Å². The lowest BCUT2D eigenvalue weighted by Gasteiger charge is -2.22. The molecule has 0 aliphatic heterocycles. The number of amides is 1. The molecule has 2 rings (SSSR count). The number of benzene rings is 2. The summed E-state index contributed by atoms with van der Waals surface area (Å²) >= 11 is 9.06. The van der Waals surface area contributed by atoms with Gasteiger partial charge >= 0.3 is 0 Å². The zero-order chi connectivity index (χ0) is 20.1. The Labute approximate surface area is 168 Å². The standard InChI is InChI=1S/C18H17BrClF2N3O2/c1-2-27-16(15-13(21)7-12(19)8-14(15)22)18(26)25(20)9-10-3-5-11(6-4-10)17(23)24/h3-8,16H,2,9H2,1H3,(H3,23,24). The van der Waals surface area contributed by atoms with Crippen LogP contribution in [0.4, 0.5) is 8.78 Å². The molecule has 0 radical (unpaired) electrons. The highest BCUT2D eigenvalue weighted by Crippen LogP contribution is 2.29. The first-order valence-corrected chi connectivity index (χ1v) is 9.04. The van der Waals surface area contributed by atoms with Gasteiger partial charge in [-0.15, -0.1) is 0 Å². The maximum atomic E-state index is 14.3. The molecular weight excluding hydrogens is 444 g/mol. The van der Waals surface area contributed by atoms with Crippen LogP contribution in [0.2, 0.25) is 0 Å².